The van der Waals surface area contributed by atoms with E-state index in [2.05, 4.69) is 10.6 Å². The number of rotatable bonds is 8. The van der Waals surface area contributed by atoms with Gasteiger partial charge in [-0.2, -0.15) is 17.5 Å². The minimum absolute atomic E-state index is 0.0206. The summed E-state index contributed by atoms with van der Waals surface area (Å²) >= 11 is 0. The third-order valence-electron chi connectivity index (χ3n) is 6.09. The quantitative estimate of drug-likeness (QED) is 0.547. The highest BCUT2D eigenvalue weighted by molar-refractivity contribution is 7.89. The van der Waals surface area contributed by atoms with Crippen LogP contribution in [0.15, 0.2) is 47.4 Å². The maximum atomic E-state index is 13.0. The van der Waals surface area contributed by atoms with E-state index >= 15 is 0 Å². The molecule has 0 bridgehead atoms. The van der Waals surface area contributed by atoms with Crippen LogP contribution in [0.3, 0.4) is 0 Å². The van der Waals surface area contributed by atoms with Crippen molar-refractivity contribution >= 4 is 21.6 Å². The van der Waals surface area contributed by atoms with Crippen molar-refractivity contribution in [1.82, 2.24) is 9.62 Å². The Morgan fingerprint density at radius 2 is 1.89 bits per heavy atom. The average Bonchev–Trinajstić information content (AvgIpc) is 2.86. The Morgan fingerprint density at radius 1 is 1.14 bits per heavy atom. The van der Waals surface area contributed by atoms with Gasteiger partial charge in [-0.15, -0.1) is 0 Å². The van der Waals surface area contributed by atoms with Crippen LogP contribution in [-0.4, -0.2) is 64.3 Å². The molecule has 2 N–H and O–H groups in total. The van der Waals surface area contributed by atoms with Gasteiger partial charge in [0, 0.05) is 13.1 Å². The molecule has 0 unspecified atom stereocenters. The molecule has 1 aliphatic heterocycles. The standard InChI is InChI=1S/C24H28F3N3O5S/c25-24(26,27)16-35-22-9-8-18(36(32,33)30-10-12-34-13-11-30)14-21(22)28-15-23(31)29-20-7-3-5-17-4-1-2-6-19(17)20/h1-2,4,6,8-9,14,20,28H,3,5,7,10-13,15-16H2,(H,29,31)/t20-/m1/s1. The summed E-state index contributed by atoms with van der Waals surface area (Å²) in [6.07, 6.45) is -1.95. The number of hydrogen-bond acceptors (Lipinski definition) is 6. The van der Waals surface area contributed by atoms with Gasteiger partial charge in [-0.3, -0.25) is 4.79 Å². The van der Waals surface area contributed by atoms with Gasteiger partial charge in [0.1, 0.15) is 5.75 Å². The third-order valence-corrected chi connectivity index (χ3v) is 7.99. The first kappa shape index (κ1) is 26.2. The van der Waals surface area contributed by atoms with Crippen LogP contribution in [-0.2, 0) is 26.0 Å². The number of fused-ring (bicyclic) bond motifs is 1. The van der Waals surface area contributed by atoms with E-state index in [4.69, 9.17) is 9.47 Å². The number of alkyl halides is 3. The molecule has 1 heterocycles. The van der Waals surface area contributed by atoms with E-state index in [1.54, 1.807) is 0 Å². The van der Waals surface area contributed by atoms with Gasteiger partial charge in [-0.25, -0.2) is 8.42 Å². The van der Waals surface area contributed by atoms with Gasteiger partial charge in [0.15, 0.2) is 6.61 Å². The number of benzene rings is 2. The number of amides is 1. The Hall–Kier alpha value is -2.83. The molecule has 2 aromatic carbocycles. The smallest absolute Gasteiger partial charge is 0.422 e. The van der Waals surface area contributed by atoms with E-state index in [-0.39, 0.29) is 61.1 Å². The minimum atomic E-state index is -4.58. The zero-order valence-corrected chi connectivity index (χ0v) is 20.3. The fourth-order valence-corrected chi connectivity index (χ4v) is 5.79. The molecular formula is C24H28F3N3O5S. The van der Waals surface area contributed by atoms with E-state index in [9.17, 15) is 26.4 Å². The van der Waals surface area contributed by atoms with Crippen molar-refractivity contribution in [1.29, 1.82) is 0 Å². The summed E-state index contributed by atoms with van der Waals surface area (Å²) in [7, 11) is -3.90. The molecule has 2 aliphatic rings. The highest BCUT2D eigenvalue weighted by Crippen LogP contribution is 2.32. The second-order valence-electron chi connectivity index (χ2n) is 8.64. The number of sulfonamides is 1. The molecule has 12 heteroatoms. The Balaban J connectivity index is 1.50. The fraction of sp³-hybridized carbons (Fsp3) is 0.458. The molecule has 1 amide bonds. The van der Waals surface area contributed by atoms with Crippen LogP contribution >= 0.6 is 0 Å². The lowest BCUT2D eigenvalue weighted by atomic mass is 9.88. The number of carbonyl (C=O) groups excluding carboxylic acids is 1. The number of nitrogens with one attached hydrogen (secondary N) is 2. The van der Waals surface area contributed by atoms with Crippen molar-refractivity contribution in [2.24, 2.45) is 0 Å². The Kier molecular flexibility index (Phi) is 8.06. The normalized spacial score (nSPS) is 18.8. The van der Waals surface area contributed by atoms with Crippen LogP contribution in [0.4, 0.5) is 18.9 Å². The van der Waals surface area contributed by atoms with Crippen LogP contribution < -0.4 is 15.4 Å². The molecule has 0 saturated carbocycles. The number of anilines is 1. The third kappa shape index (κ3) is 6.48. The highest BCUT2D eigenvalue weighted by Gasteiger charge is 2.30. The maximum absolute atomic E-state index is 13.0. The predicted octanol–water partition coefficient (Wildman–Crippen LogP) is 3.25. The Morgan fingerprint density at radius 3 is 2.64 bits per heavy atom. The second-order valence-corrected chi connectivity index (χ2v) is 10.6. The number of morpholine rings is 1. The Labute approximate surface area is 207 Å². The molecule has 1 fully saturated rings. The van der Waals surface area contributed by atoms with Gasteiger partial charge >= 0.3 is 6.18 Å². The molecule has 8 nitrogen and oxygen atoms in total. The first-order valence-electron chi connectivity index (χ1n) is 11.7. The molecule has 0 radical (unpaired) electrons. The lowest BCUT2D eigenvalue weighted by Gasteiger charge is -2.27. The van der Waals surface area contributed by atoms with E-state index in [1.165, 1.54) is 22.0 Å². The topological polar surface area (TPSA) is 97.0 Å². The first-order valence-corrected chi connectivity index (χ1v) is 13.1. The van der Waals surface area contributed by atoms with Gasteiger partial charge in [0.25, 0.3) is 0 Å². The van der Waals surface area contributed by atoms with Gasteiger partial charge in [0.2, 0.25) is 15.9 Å². The minimum Gasteiger partial charge on any atom is -0.482 e. The molecule has 2 aromatic rings. The zero-order valence-electron chi connectivity index (χ0n) is 19.5. The SMILES string of the molecule is O=C(CNc1cc(S(=O)(=O)N2CCOCC2)ccc1OCC(F)(F)F)N[C@@H]1CCCc2ccccc21. The first-order chi connectivity index (χ1) is 17.1. The zero-order chi connectivity index (χ0) is 25.8. The van der Waals surface area contributed by atoms with Crippen molar-refractivity contribution in [2.75, 3.05) is 44.8 Å². The number of nitrogens with zero attached hydrogens (tertiary/aromatic N) is 1. The number of hydrogen-bond donors (Lipinski definition) is 2. The van der Waals surface area contributed by atoms with Crippen molar-refractivity contribution < 1.29 is 35.9 Å². The number of aryl methyl sites for hydroxylation is 1. The lowest BCUT2D eigenvalue weighted by Crippen LogP contribution is -2.40. The molecule has 36 heavy (non-hydrogen) atoms. The Bertz CT molecular complexity index is 1180. The summed E-state index contributed by atoms with van der Waals surface area (Å²) in [6, 6.07) is 11.2. The highest BCUT2D eigenvalue weighted by atomic mass is 32.2. The second kappa shape index (κ2) is 11.1. The van der Waals surface area contributed by atoms with E-state index < -0.39 is 22.8 Å². The van der Waals surface area contributed by atoms with E-state index in [0.29, 0.717) is 0 Å². The predicted molar refractivity (Wildman–Crippen MR) is 126 cm³/mol. The lowest BCUT2D eigenvalue weighted by molar-refractivity contribution is -0.153. The molecule has 196 valence electrons. The van der Waals surface area contributed by atoms with Gasteiger partial charge in [-0.05, 0) is 48.6 Å². The monoisotopic (exact) mass is 527 g/mol. The van der Waals surface area contributed by atoms with E-state index in [0.717, 1.165) is 30.9 Å². The summed E-state index contributed by atoms with van der Waals surface area (Å²) in [6.45, 7) is -0.987. The van der Waals surface area contributed by atoms with Crippen LogP contribution in [0, 0.1) is 0 Å². The van der Waals surface area contributed by atoms with Crippen LogP contribution in [0.1, 0.15) is 30.0 Å². The molecule has 1 aliphatic carbocycles. The summed E-state index contributed by atoms with van der Waals surface area (Å²) in [5.74, 6) is -0.580. The van der Waals surface area contributed by atoms with Gasteiger partial charge < -0.3 is 20.1 Å². The molecule has 0 aromatic heterocycles. The molecule has 1 saturated heterocycles. The van der Waals surface area contributed by atoms with Gasteiger partial charge in [0.05, 0.1) is 36.4 Å². The van der Waals surface area contributed by atoms with Crippen LogP contribution in [0.25, 0.3) is 0 Å². The summed E-state index contributed by atoms with van der Waals surface area (Å²) < 4.78 is 75.7. The van der Waals surface area contributed by atoms with Crippen molar-refractivity contribution in [3.05, 3.63) is 53.6 Å². The van der Waals surface area contributed by atoms with Gasteiger partial charge in [-0.1, -0.05) is 24.3 Å². The summed E-state index contributed by atoms with van der Waals surface area (Å²) in [5.41, 5.74) is 2.20. The molecule has 4 rings (SSSR count). The fourth-order valence-electron chi connectivity index (χ4n) is 4.35. The molecule has 0 spiro atoms. The molecule has 1 atom stereocenters. The van der Waals surface area contributed by atoms with Crippen molar-refractivity contribution in [3.8, 4) is 5.75 Å². The number of halogens is 3. The molecular weight excluding hydrogens is 499 g/mol. The average molecular weight is 528 g/mol. The largest absolute Gasteiger partial charge is 0.482 e. The number of ether oxygens (including phenoxy) is 2. The van der Waals surface area contributed by atoms with Crippen LogP contribution in [0.2, 0.25) is 0 Å². The maximum Gasteiger partial charge on any atom is 0.422 e. The summed E-state index contributed by atoms with van der Waals surface area (Å²) in [4.78, 5) is 12.6. The van der Waals surface area contributed by atoms with E-state index in [1.807, 2.05) is 24.3 Å². The van der Waals surface area contributed by atoms with Crippen molar-refractivity contribution in [3.63, 3.8) is 0 Å². The number of carbonyl (C=O) groups is 1. The van der Waals surface area contributed by atoms with Crippen LogP contribution in [0.5, 0.6) is 5.75 Å². The van der Waals surface area contributed by atoms with Crippen molar-refractivity contribution in [2.45, 2.75) is 36.4 Å². The summed E-state index contributed by atoms with van der Waals surface area (Å²) in [5, 5.41) is 5.72.